The fraction of sp³-hybridized carbons (Fsp3) is 0.671. The number of amides is 12. The number of morpholine rings is 1. The molecule has 12 amide bonds. The number of likely N-dealkylation sites (N-methyl/N-ethyl adjacent to an activating group) is 7. The smallest absolute Gasteiger partial charge is 0.378 e. The summed E-state index contributed by atoms with van der Waals surface area (Å²) >= 11 is 6.13. The number of ether oxygens (including phenoxy) is 1. The van der Waals surface area contributed by atoms with Crippen molar-refractivity contribution in [2.24, 2.45) is 17.8 Å². The molecular formula is C73H103ClF6N12O13. The van der Waals surface area contributed by atoms with E-state index in [1.807, 2.05) is 13.8 Å². The summed E-state index contributed by atoms with van der Waals surface area (Å²) < 4.78 is 88.7. The van der Waals surface area contributed by atoms with E-state index in [1.165, 1.54) is 73.8 Å². The third kappa shape index (κ3) is 21.2. The van der Waals surface area contributed by atoms with Gasteiger partial charge in [-0.15, -0.1) is 0 Å². The third-order valence-corrected chi connectivity index (χ3v) is 21.7. The van der Waals surface area contributed by atoms with E-state index >= 15 is 28.8 Å². The number of hydrogen-bond acceptors (Lipinski definition) is 13. The lowest BCUT2D eigenvalue weighted by Gasteiger charge is -2.43. The molecule has 7 rings (SSSR count). The van der Waals surface area contributed by atoms with Crippen LogP contribution in [-0.2, 0) is 87.5 Å². The highest BCUT2D eigenvalue weighted by atomic mass is 35.5. The van der Waals surface area contributed by atoms with Crippen molar-refractivity contribution in [2.45, 2.75) is 197 Å². The van der Waals surface area contributed by atoms with Gasteiger partial charge in [0.25, 0.3) is 0 Å². The monoisotopic (exact) mass is 1500 g/mol. The number of hydrogen-bond donors (Lipinski definition) is 3. The zero-order valence-electron chi connectivity index (χ0n) is 62.0. The molecule has 8 atom stereocenters. The highest BCUT2D eigenvalue weighted by molar-refractivity contribution is 6.31. The lowest BCUT2D eigenvalue weighted by atomic mass is 9.81. The second-order valence-electron chi connectivity index (χ2n) is 29.4. The van der Waals surface area contributed by atoms with Crippen LogP contribution in [0.15, 0.2) is 42.5 Å². The number of aryl methyl sites for hydroxylation is 1. The summed E-state index contributed by atoms with van der Waals surface area (Å²) in [6.07, 6.45) is -6.00. The summed E-state index contributed by atoms with van der Waals surface area (Å²) in [4.78, 5) is 190. The first-order chi connectivity index (χ1) is 49.3. The maximum absolute atomic E-state index is 15.8. The number of fused-ring (bicyclic) bond motifs is 1. The molecule has 2 saturated carbocycles. The minimum absolute atomic E-state index is 0.0479. The van der Waals surface area contributed by atoms with Crippen molar-refractivity contribution >= 4 is 82.5 Å². The number of nitrogens with one attached hydrogen (secondary N) is 3. The standard InChI is InChI=1S/C73H103ClF6N12O13/c1-12-45(4)61-68(102)86(7)42-59(95)84(5)43-60(96)88(9)55(39-47-22-26-49(27-23-47)72(75,76)77)66(100)85(6)41-57(93)81-52(29-25-46-24-28-50(51(74)38-46)73(78,79)80)65(99)92-32-18-21-53(92)64(98)83-71(30-16-17-31-71)70(104)90(11)62(48-19-14-13-15-20-48)69(103)89(10)56(67(101)91-33-35-105-36-34-91)40-58(94)87(8)54(37-44(2)3)63(97)82-61/h22-24,26-28,38,44-45,48,52-56,61-62H,12-21,25,29-37,39-43H2,1-11H3,(H,81,93)(H,82,97)(H,83,98)/t45-,52-,53?,54-,55-,56-,61-,62-/m0/s1. The Balaban J connectivity index is 1.31. The van der Waals surface area contributed by atoms with Crippen LogP contribution < -0.4 is 16.0 Å². The molecule has 1 unspecified atom stereocenters. The first-order valence-electron chi connectivity index (χ1n) is 36.2. The maximum atomic E-state index is 15.8. The maximum Gasteiger partial charge on any atom is 0.417 e. The van der Waals surface area contributed by atoms with Gasteiger partial charge in [0.15, 0.2) is 0 Å². The van der Waals surface area contributed by atoms with Crippen LogP contribution in [-0.4, -0.2) is 265 Å². The van der Waals surface area contributed by atoms with Crippen molar-refractivity contribution in [1.82, 2.24) is 60.0 Å². The van der Waals surface area contributed by atoms with E-state index in [-0.39, 0.29) is 94.8 Å². The second-order valence-corrected chi connectivity index (χ2v) is 29.8. The third-order valence-electron chi connectivity index (χ3n) is 21.4. The van der Waals surface area contributed by atoms with Gasteiger partial charge in [0, 0.05) is 75.4 Å². The Morgan fingerprint density at radius 2 is 1.22 bits per heavy atom. The predicted octanol–water partition coefficient (Wildman–Crippen LogP) is 5.56. The summed E-state index contributed by atoms with van der Waals surface area (Å²) in [7, 11) is 9.19. The average molecular weight is 1510 g/mol. The largest absolute Gasteiger partial charge is 0.417 e. The molecule has 0 radical (unpaired) electrons. The minimum Gasteiger partial charge on any atom is -0.378 e. The molecule has 2 aromatic rings. The molecule has 5 fully saturated rings. The summed E-state index contributed by atoms with van der Waals surface area (Å²) in [5.74, 6) is -10.5. The van der Waals surface area contributed by atoms with Gasteiger partial charge in [-0.2, -0.15) is 26.3 Å². The number of benzene rings is 2. The number of carbonyl (C=O) groups excluding carboxylic acids is 12. The zero-order chi connectivity index (χ0) is 77.7. The molecular weight excluding hydrogens is 1400 g/mol. The molecule has 582 valence electrons. The van der Waals surface area contributed by atoms with Gasteiger partial charge < -0.3 is 64.8 Å². The molecule has 2 aliphatic carbocycles. The number of halogens is 7. The molecule has 2 aromatic carbocycles. The van der Waals surface area contributed by atoms with E-state index < -0.39 is 192 Å². The molecule has 3 saturated heterocycles. The van der Waals surface area contributed by atoms with Crippen LogP contribution in [0.1, 0.15) is 146 Å². The summed E-state index contributed by atoms with van der Waals surface area (Å²) in [6, 6.07) is -2.98. The molecule has 5 aliphatic rings. The molecule has 1 spiro atoms. The van der Waals surface area contributed by atoms with Gasteiger partial charge in [-0.05, 0) is 111 Å². The van der Waals surface area contributed by atoms with Crippen LogP contribution in [0.4, 0.5) is 26.3 Å². The Morgan fingerprint density at radius 1 is 0.619 bits per heavy atom. The topological polar surface area (TPSA) is 279 Å². The molecule has 105 heavy (non-hydrogen) atoms. The van der Waals surface area contributed by atoms with Gasteiger partial charge in [-0.25, -0.2) is 0 Å². The Bertz CT molecular complexity index is 3480. The fourth-order valence-corrected chi connectivity index (χ4v) is 15.1. The van der Waals surface area contributed by atoms with Crippen molar-refractivity contribution in [3.63, 3.8) is 0 Å². The number of nitrogens with zero attached hydrogens (tertiary/aromatic N) is 9. The van der Waals surface area contributed by atoms with E-state index in [9.17, 15) is 55.1 Å². The predicted molar refractivity (Wildman–Crippen MR) is 375 cm³/mol. The highest BCUT2D eigenvalue weighted by Gasteiger charge is 2.52. The SMILES string of the molecule is CC[C@H](C)[C@@H]1NC(=O)[C@H](CC(C)C)N(C)C(=O)C[C@@H](C(=O)N2CCOCC2)N(C)C(=O)[C@H](C2CCCCC2)N(C)C(=O)C2(CCCC2)NC(=O)C2CCCN2C(=O)[C@H](CCc2ccc(C(F)(F)F)c(Cl)c2)NC(=O)CN(C)C(=O)[C@H](Cc2ccc(C(F)(F)F)cc2)N(C)C(=O)CN(C)C(=O)CN(C)C1=O. The number of alkyl halides is 6. The molecule has 3 aliphatic heterocycles. The summed E-state index contributed by atoms with van der Waals surface area (Å²) in [6.45, 7) is 5.42. The second kappa shape index (κ2) is 36.5. The molecule has 0 aromatic heterocycles. The summed E-state index contributed by atoms with van der Waals surface area (Å²) in [5.41, 5.74) is -3.43. The van der Waals surface area contributed by atoms with E-state index in [4.69, 9.17) is 16.3 Å². The van der Waals surface area contributed by atoms with Crippen molar-refractivity contribution in [3.05, 3.63) is 69.7 Å². The molecule has 3 heterocycles. The molecule has 32 heteroatoms. The Hall–Kier alpha value is -8.09. The van der Waals surface area contributed by atoms with Gasteiger partial charge in [-0.1, -0.05) is 96.0 Å². The van der Waals surface area contributed by atoms with E-state index in [0.29, 0.717) is 44.9 Å². The lowest BCUT2D eigenvalue weighted by molar-refractivity contribution is -0.158. The number of rotatable bonds is 11. The molecule has 25 nitrogen and oxygen atoms in total. The van der Waals surface area contributed by atoms with Crippen molar-refractivity contribution in [2.75, 3.05) is 102 Å². The first-order valence-corrected chi connectivity index (χ1v) is 36.6. The first kappa shape index (κ1) is 84.2. The zero-order valence-corrected chi connectivity index (χ0v) is 62.7. The Labute approximate surface area is 615 Å². The van der Waals surface area contributed by atoms with Gasteiger partial charge >= 0.3 is 12.4 Å². The Morgan fingerprint density at radius 3 is 1.81 bits per heavy atom. The van der Waals surface area contributed by atoms with Gasteiger partial charge in [0.05, 0.1) is 55.4 Å². The van der Waals surface area contributed by atoms with Crippen molar-refractivity contribution in [1.29, 1.82) is 0 Å². The van der Waals surface area contributed by atoms with Crippen LogP contribution in [0.3, 0.4) is 0 Å². The summed E-state index contributed by atoms with van der Waals surface area (Å²) in [5, 5.41) is 7.87. The highest BCUT2D eigenvalue weighted by Crippen LogP contribution is 2.39. The lowest BCUT2D eigenvalue weighted by Crippen LogP contribution is -2.65. The van der Waals surface area contributed by atoms with Gasteiger partial charge in [-0.3, -0.25) is 57.5 Å². The van der Waals surface area contributed by atoms with Crippen LogP contribution in [0.25, 0.3) is 0 Å². The van der Waals surface area contributed by atoms with Gasteiger partial charge in [0.2, 0.25) is 70.9 Å². The minimum atomic E-state index is -4.82. The normalized spacial score (nSPS) is 25.3. The average Bonchev–Trinajstić information content (AvgIpc) is 1.75. The molecule has 3 N–H and O–H groups in total. The molecule has 0 bridgehead atoms. The van der Waals surface area contributed by atoms with Gasteiger partial charge in [0.1, 0.15) is 47.8 Å². The Kier molecular flexibility index (Phi) is 29.2. The van der Waals surface area contributed by atoms with Crippen molar-refractivity contribution in [3.8, 4) is 0 Å². The quantitative estimate of drug-likeness (QED) is 0.233. The van der Waals surface area contributed by atoms with Crippen molar-refractivity contribution < 1.29 is 88.6 Å². The van der Waals surface area contributed by atoms with E-state index in [1.54, 1.807) is 13.8 Å². The van der Waals surface area contributed by atoms with Crippen LogP contribution in [0.5, 0.6) is 0 Å². The van der Waals surface area contributed by atoms with Crippen LogP contribution in [0, 0.1) is 17.8 Å². The van der Waals surface area contributed by atoms with Crippen LogP contribution >= 0.6 is 11.6 Å². The van der Waals surface area contributed by atoms with Crippen LogP contribution in [0.2, 0.25) is 5.02 Å². The fourth-order valence-electron chi connectivity index (χ4n) is 14.8. The van der Waals surface area contributed by atoms with E-state index in [0.717, 1.165) is 68.5 Å². The number of carbonyl (C=O) groups is 12. The van der Waals surface area contributed by atoms with E-state index in [2.05, 4.69) is 16.0 Å².